The van der Waals surface area contributed by atoms with Crippen LogP contribution < -0.4 is 9.64 Å². The summed E-state index contributed by atoms with van der Waals surface area (Å²) in [5.41, 5.74) is 5.26. The first-order valence-corrected chi connectivity index (χ1v) is 12.8. The highest BCUT2D eigenvalue weighted by molar-refractivity contribution is 5.95. The van der Waals surface area contributed by atoms with Gasteiger partial charge in [-0.3, -0.25) is 4.79 Å². The molecular weight excluding hydrogens is 507 g/mol. The summed E-state index contributed by atoms with van der Waals surface area (Å²) in [4.78, 5) is 28.0. The molecule has 9 heteroatoms. The van der Waals surface area contributed by atoms with Crippen molar-refractivity contribution in [3.05, 3.63) is 125 Å². The zero-order valence-electron chi connectivity index (χ0n) is 21.8. The van der Waals surface area contributed by atoms with Crippen molar-refractivity contribution in [1.29, 1.82) is 0 Å². The molecule has 0 saturated heterocycles. The molecule has 1 amide bonds. The molecule has 3 aromatic carbocycles. The second kappa shape index (κ2) is 10.5. The lowest BCUT2D eigenvalue weighted by Crippen LogP contribution is -2.33. The molecule has 1 aliphatic heterocycles. The van der Waals surface area contributed by atoms with Gasteiger partial charge in [-0.1, -0.05) is 42.5 Å². The van der Waals surface area contributed by atoms with E-state index in [1.165, 1.54) is 12.1 Å². The molecule has 3 heterocycles. The largest absolute Gasteiger partial charge is 0.496 e. The van der Waals surface area contributed by atoms with Crippen LogP contribution >= 0.6 is 0 Å². The Hall–Kier alpha value is -5.23. The summed E-state index contributed by atoms with van der Waals surface area (Å²) in [7, 11) is 1.62. The van der Waals surface area contributed by atoms with E-state index in [4.69, 9.17) is 16.3 Å². The van der Waals surface area contributed by atoms with Gasteiger partial charge in [0, 0.05) is 30.2 Å². The van der Waals surface area contributed by atoms with Gasteiger partial charge in [0.1, 0.15) is 17.4 Å². The van der Waals surface area contributed by atoms with Crippen LogP contribution in [0.25, 0.3) is 16.1 Å². The van der Waals surface area contributed by atoms with Crippen molar-refractivity contribution in [2.24, 2.45) is 0 Å². The van der Waals surface area contributed by atoms with Crippen LogP contribution in [0.15, 0.2) is 85.5 Å². The second-order valence-corrected chi connectivity index (χ2v) is 9.59. The quantitative estimate of drug-likeness (QED) is 0.266. The van der Waals surface area contributed by atoms with Gasteiger partial charge in [0.15, 0.2) is 5.69 Å². The van der Waals surface area contributed by atoms with Crippen LogP contribution in [-0.2, 0) is 30.8 Å². The number of fused-ring (bicyclic) bond motifs is 2. The number of carbonyl (C=O) groups excluding carboxylic acids is 1. The highest BCUT2D eigenvalue weighted by Crippen LogP contribution is 2.33. The number of hydrogen-bond donors (Lipinski definition) is 0. The van der Waals surface area contributed by atoms with Crippen LogP contribution in [0.1, 0.15) is 22.6 Å². The fourth-order valence-electron chi connectivity index (χ4n) is 5.02. The number of rotatable bonds is 6. The SMILES string of the molecule is [C-]#[N+]c1ccc(Cn2cncc2CC(=O)N2Cc3nc(-c4ccccc4OC)cn3Cc3ccc(F)cc32)cc1. The smallest absolute Gasteiger partial charge is 0.233 e. The highest BCUT2D eigenvalue weighted by Gasteiger charge is 2.27. The van der Waals surface area contributed by atoms with Crippen LogP contribution in [0.3, 0.4) is 0 Å². The topological polar surface area (TPSA) is 69.5 Å². The van der Waals surface area contributed by atoms with Crippen LogP contribution in [0.2, 0.25) is 0 Å². The van der Waals surface area contributed by atoms with Gasteiger partial charge < -0.3 is 18.8 Å². The molecule has 5 aromatic rings. The molecule has 0 spiro atoms. The number of para-hydroxylation sites is 1. The molecule has 1 aliphatic rings. The summed E-state index contributed by atoms with van der Waals surface area (Å²) in [6.07, 6.45) is 5.39. The molecule has 0 saturated carbocycles. The van der Waals surface area contributed by atoms with Gasteiger partial charge in [-0.05, 0) is 35.4 Å². The maximum atomic E-state index is 14.4. The van der Waals surface area contributed by atoms with E-state index in [1.54, 1.807) is 42.7 Å². The van der Waals surface area contributed by atoms with Crippen molar-refractivity contribution in [3.8, 4) is 17.0 Å². The summed E-state index contributed by atoms with van der Waals surface area (Å²) in [5.74, 6) is 0.813. The predicted octanol–water partition coefficient (Wildman–Crippen LogP) is 5.63. The molecule has 0 N–H and O–H groups in total. The molecule has 40 heavy (non-hydrogen) atoms. The Kier molecular flexibility index (Phi) is 6.58. The maximum Gasteiger partial charge on any atom is 0.233 e. The Bertz CT molecular complexity index is 1750. The van der Waals surface area contributed by atoms with Gasteiger partial charge in [0.05, 0.1) is 50.9 Å². The number of aromatic nitrogens is 4. The summed E-state index contributed by atoms with van der Waals surface area (Å²) < 4.78 is 23.9. The van der Waals surface area contributed by atoms with E-state index in [-0.39, 0.29) is 18.9 Å². The first kappa shape index (κ1) is 25.1. The molecule has 8 nitrogen and oxygen atoms in total. The minimum Gasteiger partial charge on any atom is -0.496 e. The zero-order valence-corrected chi connectivity index (χ0v) is 21.8. The third kappa shape index (κ3) is 4.83. The average molecular weight is 533 g/mol. The summed E-state index contributed by atoms with van der Waals surface area (Å²) in [6.45, 7) is 8.30. The summed E-state index contributed by atoms with van der Waals surface area (Å²) in [6, 6.07) is 19.6. The molecular formula is C31H25FN6O2. The van der Waals surface area contributed by atoms with Gasteiger partial charge in [-0.25, -0.2) is 19.2 Å². The number of carbonyl (C=O) groups is 1. The third-order valence-corrected chi connectivity index (χ3v) is 7.07. The van der Waals surface area contributed by atoms with Crippen molar-refractivity contribution in [2.45, 2.75) is 26.1 Å². The molecule has 2 aromatic heterocycles. The van der Waals surface area contributed by atoms with Gasteiger partial charge in [0.25, 0.3) is 0 Å². The number of halogens is 1. The van der Waals surface area contributed by atoms with E-state index < -0.39 is 5.82 Å². The molecule has 0 unspecified atom stereocenters. The summed E-state index contributed by atoms with van der Waals surface area (Å²) in [5, 5.41) is 0. The number of imidazole rings is 2. The van der Waals surface area contributed by atoms with E-state index in [1.807, 2.05) is 51.7 Å². The first-order chi connectivity index (χ1) is 19.5. The van der Waals surface area contributed by atoms with Crippen LogP contribution in [-0.4, -0.2) is 32.1 Å². The predicted molar refractivity (Wildman–Crippen MR) is 149 cm³/mol. The highest BCUT2D eigenvalue weighted by atomic mass is 19.1. The normalized spacial score (nSPS) is 12.3. The van der Waals surface area contributed by atoms with Crippen LogP contribution in [0, 0.1) is 12.4 Å². The number of amides is 1. The standard InChI is InChI=1S/C31H25FN6O2/c1-33-24-11-7-21(8-12-24)16-37-20-34-15-25(37)14-31(39)38-19-30-35-27(26-5-3-4-6-29(26)40-2)18-36(30)17-22-9-10-23(32)13-28(22)38/h3-13,15,18,20H,14,16-17,19H2,2H3. The second-order valence-electron chi connectivity index (χ2n) is 9.59. The van der Waals surface area contributed by atoms with Gasteiger partial charge in [-0.2, -0.15) is 0 Å². The van der Waals surface area contributed by atoms with E-state index in [0.29, 0.717) is 36.0 Å². The Labute approximate surface area is 230 Å². The lowest BCUT2D eigenvalue weighted by atomic mass is 10.1. The number of nitrogens with zero attached hydrogens (tertiary/aromatic N) is 6. The number of anilines is 1. The Morgan fingerprint density at radius 1 is 1.10 bits per heavy atom. The lowest BCUT2D eigenvalue weighted by molar-refractivity contribution is -0.118. The minimum atomic E-state index is -0.404. The summed E-state index contributed by atoms with van der Waals surface area (Å²) >= 11 is 0. The van der Waals surface area contributed by atoms with Crippen molar-refractivity contribution in [3.63, 3.8) is 0 Å². The van der Waals surface area contributed by atoms with Crippen molar-refractivity contribution >= 4 is 17.3 Å². The van der Waals surface area contributed by atoms with E-state index in [2.05, 4.69) is 9.83 Å². The number of ether oxygens (including phenoxy) is 1. The van der Waals surface area contributed by atoms with Crippen molar-refractivity contribution in [2.75, 3.05) is 12.0 Å². The fourth-order valence-corrected chi connectivity index (χ4v) is 5.02. The fraction of sp³-hybridized carbons (Fsp3) is 0.161. The van der Waals surface area contributed by atoms with Gasteiger partial charge >= 0.3 is 0 Å². The molecule has 0 fully saturated rings. The Morgan fingerprint density at radius 2 is 1.93 bits per heavy atom. The van der Waals surface area contributed by atoms with Crippen molar-refractivity contribution < 1.29 is 13.9 Å². The Morgan fingerprint density at radius 3 is 2.73 bits per heavy atom. The molecule has 6 rings (SSSR count). The van der Waals surface area contributed by atoms with E-state index in [0.717, 1.165) is 28.1 Å². The maximum absolute atomic E-state index is 14.4. The van der Waals surface area contributed by atoms with Crippen LogP contribution in [0.5, 0.6) is 5.75 Å². The average Bonchev–Trinajstić information content (AvgIpc) is 3.55. The zero-order chi connectivity index (χ0) is 27.6. The molecule has 0 bridgehead atoms. The first-order valence-electron chi connectivity index (χ1n) is 12.8. The van der Waals surface area contributed by atoms with E-state index in [9.17, 15) is 9.18 Å². The minimum absolute atomic E-state index is 0.0795. The van der Waals surface area contributed by atoms with Crippen LogP contribution in [0.4, 0.5) is 15.8 Å². The monoisotopic (exact) mass is 532 g/mol. The molecule has 0 aliphatic carbocycles. The Balaban J connectivity index is 1.31. The van der Waals surface area contributed by atoms with Gasteiger partial charge in [-0.15, -0.1) is 0 Å². The number of methoxy groups -OCH3 is 1. The number of benzene rings is 3. The lowest BCUT2D eigenvalue weighted by Gasteiger charge is -2.23. The number of hydrogen-bond acceptors (Lipinski definition) is 4. The molecule has 198 valence electrons. The molecule has 0 atom stereocenters. The third-order valence-electron chi connectivity index (χ3n) is 7.07. The van der Waals surface area contributed by atoms with Gasteiger partial charge in [0.2, 0.25) is 5.91 Å². The molecule has 0 radical (unpaired) electrons. The van der Waals surface area contributed by atoms with Crippen molar-refractivity contribution in [1.82, 2.24) is 19.1 Å². The van der Waals surface area contributed by atoms with E-state index >= 15 is 0 Å².